The molecule has 15 heavy (non-hydrogen) atoms. The van der Waals surface area contributed by atoms with Gasteiger partial charge in [0.1, 0.15) is 0 Å². The van der Waals surface area contributed by atoms with Crippen molar-refractivity contribution in [3.8, 4) is 0 Å². The largest absolute Gasteiger partial charge is 0.374 e. The van der Waals surface area contributed by atoms with Crippen molar-refractivity contribution in [3.63, 3.8) is 0 Å². The van der Waals surface area contributed by atoms with E-state index in [1.165, 1.54) is 0 Å². The molecule has 3 N–H and O–H groups in total. The minimum absolute atomic E-state index is 0.0153. The van der Waals surface area contributed by atoms with Crippen LogP contribution in [0.25, 0.3) is 0 Å². The van der Waals surface area contributed by atoms with E-state index >= 15 is 0 Å². The summed E-state index contributed by atoms with van der Waals surface area (Å²) in [5.74, 6) is -1.05. The Morgan fingerprint density at radius 3 is 2.93 bits per heavy atom. The first-order chi connectivity index (χ1) is 7.26. The zero-order chi connectivity index (χ0) is 10.7. The van der Waals surface area contributed by atoms with Gasteiger partial charge in [-0.15, -0.1) is 0 Å². The molecule has 2 saturated heterocycles. The van der Waals surface area contributed by atoms with Crippen molar-refractivity contribution in [2.75, 3.05) is 26.3 Å². The fourth-order valence-corrected chi connectivity index (χ4v) is 1.82. The number of hydrogen-bond donors (Lipinski definition) is 3. The standard InChI is InChI=1S/C9H17N3O3/c1-7-8(10-2-4-14-7)12-9(6-13)11-3-5-15-9/h6-8,10-12H,2-5H2,1H3. The molecule has 3 atom stereocenters. The molecule has 2 aliphatic heterocycles. The van der Waals surface area contributed by atoms with Crippen molar-refractivity contribution in [3.05, 3.63) is 0 Å². The van der Waals surface area contributed by atoms with Gasteiger partial charge in [0.15, 0.2) is 6.29 Å². The van der Waals surface area contributed by atoms with Gasteiger partial charge in [-0.25, -0.2) is 0 Å². The van der Waals surface area contributed by atoms with Crippen LogP contribution in [0.2, 0.25) is 0 Å². The Balaban J connectivity index is 1.96. The van der Waals surface area contributed by atoms with E-state index in [2.05, 4.69) is 16.0 Å². The normalized spacial score (nSPS) is 41.7. The average molecular weight is 215 g/mol. The average Bonchev–Trinajstić information content (AvgIpc) is 2.71. The molecule has 2 heterocycles. The predicted molar refractivity (Wildman–Crippen MR) is 53.1 cm³/mol. The first-order valence-corrected chi connectivity index (χ1v) is 5.24. The van der Waals surface area contributed by atoms with Gasteiger partial charge < -0.3 is 9.47 Å². The Labute approximate surface area is 88.7 Å². The quantitative estimate of drug-likeness (QED) is 0.492. The monoisotopic (exact) mass is 215 g/mol. The smallest absolute Gasteiger partial charge is 0.234 e. The van der Waals surface area contributed by atoms with Crippen molar-refractivity contribution in [1.82, 2.24) is 16.0 Å². The van der Waals surface area contributed by atoms with E-state index in [0.717, 1.165) is 12.8 Å². The first kappa shape index (κ1) is 11.0. The van der Waals surface area contributed by atoms with Crippen LogP contribution in [0.15, 0.2) is 0 Å². The van der Waals surface area contributed by atoms with E-state index in [4.69, 9.17) is 9.47 Å². The second-order valence-corrected chi connectivity index (χ2v) is 3.78. The summed E-state index contributed by atoms with van der Waals surface area (Å²) in [6, 6.07) is 0. The summed E-state index contributed by atoms with van der Waals surface area (Å²) in [7, 11) is 0. The van der Waals surface area contributed by atoms with E-state index < -0.39 is 5.85 Å². The lowest BCUT2D eigenvalue weighted by atomic mass is 10.2. The van der Waals surface area contributed by atoms with Crippen molar-refractivity contribution in [1.29, 1.82) is 0 Å². The molecule has 0 aromatic rings. The topological polar surface area (TPSA) is 71.6 Å². The minimum Gasteiger partial charge on any atom is -0.374 e. The fourth-order valence-electron chi connectivity index (χ4n) is 1.82. The van der Waals surface area contributed by atoms with E-state index in [1.807, 2.05) is 6.92 Å². The number of carbonyl (C=O) groups is 1. The molecular weight excluding hydrogens is 198 g/mol. The van der Waals surface area contributed by atoms with Gasteiger partial charge in [0.05, 0.1) is 25.5 Å². The third kappa shape index (κ3) is 2.35. The van der Waals surface area contributed by atoms with Crippen LogP contribution in [0, 0.1) is 0 Å². The number of carbonyl (C=O) groups excluding carboxylic acids is 1. The molecule has 0 radical (unpaired) electrons. The van der Waals surface area contributed by atoms with Crippen LogP contribution in [-0.2, 0) is 14.3 Å². The summed E-state index contributed by atoms with van der Waals surface area (Å²) in [6.45, 7) is 4.64. The van der Waals surface area contributed by atoms with Crippen LogP contribution in [0.3, 0.4) is 0 Å². The van der Waals surface area contributed by atoms with E-state index in [0.29, 0.717) is 19.8 Å². The second-order valence-electron chi connectivity index (χ2n) is 3.78. The minimum atomic E-state index is -1.05. The van der Waals surface area contributed by atoms with Crippen LogP contribution < -0.4 is 16.0 Å². The highest BCUT2D eigenvalue weighted by atomic mass is 16.5. The fraction of sp³-hybridized carbons (Fsp3) is 0.889. The Morgan fingerprint density at radius 1 is 1.47 bits per heavy atom. The number of morpholine rings is 1. The van der Waals surface area contributed by atoms with Gasteiger partial charge in [0.25, 0.3) is 0 Å². The highest BCUT2D eigenvalue weighted by Gasteiger charge is 2.38. The van der Waals surface area contributed by atoms with Crippen molar-refractivity contribution in [2.45, 2.75) is 25.0 Å². The summed E-state index contributed by atoms with van der Waals surface area (Å²) in [5.41, 5.74) is 0. The predicted octanol–water partition coefficient (Wildman–Crippen LogP) is -1.62. The highest BCUT2D eigenvalue weighted by molar-refractivity contribution is 5.61. The van der Waals surface area contributed by atoms with Gasteiger partial charge in [0.2, 0.25) is 5.85 Å². The van der Waals surface area contributed by atoms with Gasteiger partial charge in [-0.2, -0.15) is 0 Å². The zero-order valence-electron chi connectivity index (χ0n) is 8.79. The molecule has 86 valence electrons. The second kappa shape index (κ2) is 4.54. The number of ether oxygens (including phenoxy) is 2. The number of aldehydes is 1. The van der Waals surface area contributed by atoms with Gasteiger partial charge >= 0.3 is 0 Å². The van der Waals surface area contributed by atoms with E-state index in [-0.39, 0.29) is 12.3 Å². The molecule has 0 bridgehead atoms. The SMILES string of the molecule is CC1OCCNC1NC1(C=O)NCCO1. The summed E-state index contributed by atoms with van der Waals surface area (Å²) in [4.78, 5) is 11.0. The molecule has 0 amide bonds. The number of hydrogen-bond acceptors (Lipinski definition) is 6. The van der Waals surface area contributed by atoms with Gasteiger partial charge in [-0.05, 0) is 6.92 Å². The van der Waals surface area contributed by atoms with Crippen LogP contribution in [-0.4, -0.2) is 50.7 Å². The maximum absolute atomic E-state index is 11.0. The first-order valence-electron chi connectivity index (χ1n) is 5.24. The summed E-state index contributed by atoms with van der Waals surface area (Å²) < 4.78 is 10.8. The molecule has 2 rings (SSSR count). The summed E-state index contributed by atoms with van der Waals surface area (Å²) >= 11 is 0. The molecule has 0 spiro atoms. The molecule has 0 aliphatic carbocycles. The van der Waals surface area contributed by atoms with Gasteiger partial charge in [-0.1, -0.05) is 0 Å². The Hall–Kier alpha value is -0.530. The molecule has 6 nitrogen and oxygen atoms in total. The van der Waals surface area contributed by atoms with E-state index in [1.54, 1.807) is 0 Å². The maximum Gasteiger partial charge on any atom is 0.234 e. The van der Waals surface area contributed by atoms with Crippen LogP contribution in [0.4, 0.5) is 0 Å². The van der Waals surface area contributed by atoms with Crippen molar-refractivity contribution in [2.24, 2.45) is 0 Å². The lowest BCUT2D eigenvalue weighted by molar-refractivity contribution is -0.137. The van der Waals surface area contributed by atoms with Crippen molar-refractivity contribution >= 4 is 6.29 Å². The van der Waals surface area contributed by atoms with Gasteiger partial charge in [-0.3, -0.25) is 20.7 Å². The van der Waals surface area contributed by atoms with Crippen LogP contribution in [0.5, 0.6) is 0 Å². The molecule has 0 saturated carbocycles. The number of rotatable bonds is 3. The summed E-state index contributed by atoms with van der Waals surface area (Å²) in [5, 5.41) is 9.32. The third-order valence-electron chi connectivity index (χ3n) is 2.67. The number of nitrogens with one attached hydrogen (secondary N) is 3. The van der Waals surface area contributed by atoms with Gasteiger partial charge in [0, 0.05) is 13.1 Å². The Kier molecular flexibility index (Phi) is 3.32. The van der Waals surface area contributed by atoms with Crippen LogP contribution in [0.1, 0.15) is 6.92 Å². The summed E-state index contributed by atoms with van der Waals surface area (Å²) in [6.07, 6.45) is 0.694. The zero-order valence-corrected chi connectivity index (χ0v) is 8.79. The van der Waals surface area contributed by atoms with Crippen molar-refractivity contribution < 1.29 is 14.3 Å². The van der Waals surface area contributed by atoms with Crippen LogP contribution >= 0.6 is 0 Å². The molecule has 3 unspecified atom stereocenters. The third-order valence-corrected chi connectivity index (χ3v) is 2.67. The maximum atomic E-state index is 11.0. The molecular formula is C9H17N3O3. The molecule has 0 aromatic carbocycles. The lowest BCUT2D eigenvalue weighted by Crippen LogP contribution is -2.67. The van der Waals surface area contributed by atoms with E-state index in [9.17, 15) is 4.79 Å². The highest BCUT2D eigenvalue weighted by Crippen LogP contribution is 2.10. The molecule has 2 aliphatic rings. The Morgan fingerprint density at radius 2 is 2.33 bits per heavy atom. The molecule has 2 fully saturated rings. The Bertz CT molecular complexity index is 231. The lowest BCUT2D eigenvalue weighted by Gasteiger charge is -2.36. The molecule has 6 heteroatoms. The molecule has 0 aromatic heterocycles.